The monoisotopic (exact) mass is 453 g/mol. The van der Waals surface area contributed by atoms with Crippen LogP contribution in [0.1, 0.15) is 13.3 Å². The molecule has 0 aromatic heterocycles. The Balaban J connectivity index is 0.00000484. The number of ether oxygens (including phenoxy) is 2. The van der Waals surface area contributed by atoms with Crippen LogP contribution in [0.15, 0.2) is 29.3 Å². The van der Waals surface area contributed by atoms with Gasteiger partial charge in [-0.05, 0) is 37.5 Å². The molecule has 0 aliphatic rings. The van der Waals surface area contributed by atoms with Gasteiger partial charge < -0.3 is 20.1 Å². The Labute approximate surface area is 161 Å². The molecule has 0 spiro atoms. The van der Waals surface area contributed by atoms with E-state index in [9.17, 15) is 0 Å². The van der Waals surface area contributed by atoms with Crippen molar-refractivity contribution in [2.45, 2.75) is 19.4 Å². The summed E-state index contributed by atoms with van der Waals surface area (Å²) < 4.78 is 11.1. The molecule has 0 fully saturated rings. The molecule has 1 rings (SSSR count). The van der Waals surface area contributed by atoms with Crippen molar-refractivity contribution in [1.29, 1.82) is 0 Å². The van der Waals surface area contributed by atoms with Crippen LogP contribution in [0.5, 0.6) is 11.5 Å². The van der Waals surface area contributed by atoms with Crippen LogP contribution < -0.4 is 20.1 Å². The molecule has 132 valence electrons. The van der Waals surface area contributed by atoms with Gasteiger partial charge >= 0.3 is 0 Å². The third-order valence-corrected chi connectivity index (χ3v) is 3.67. The molecule has 1 aromatic rings. The lowest BCUT2D eigenvalue weighted by molar-refractivity contribution is 0.223. The Morgan fingerprint density at radius 1 is 1.30 bits per heavy atom. The second-order valence-electron chi connectivity index (χ2n) is 4.83. The Bertz CT molecular complexity index is 461. The maximum Gasteiger partial charge on any atom is 0.191 e. The summed E-state index contributed by atoms with van der Waals surface area (Å²) in [5, 5.41) is 6.56. The first kappa shape index (κ1) is 22.2. The van der Waals surface area contributed by atoms with Gasteiger partial charge in [-0.1, -0.05) is 6.07 Å². The minimum atomic E-state index is 0. The number of hydrogen-bond acceptors (Lipinski definition) is 4. The van der Waals surface area contributed by atoms with Gasteiger partial charge in [0, 0.05) is 19.7 Å². The molecule has 0 heterocycles. The van der Waals surface area contributed by atoms with Crippen molar-refractivity contribution in [2.24, 2.45) is 4.99 Å². The van der Waals surface area contributed by atoms with E-state index < -0.39 is 0 Å². The molecule has 23 heavy (non-hydrogen) atoms. The molecule has 2 N–H and O–H groups in total. The van der Waals surface area contributed by atoms with E-state index >= 15 is 0 Å². The van der Waals surface area contributed by atoms with Crippen molar-refractivity contribution >= 4 is 41.7 Å². The highest BCUT2D eigenvalue weighted by Gasteiger charge is 2.06. The first-order valence-electron chi connectivity index (χ1n) is 7.43. The molecule has 0 aliphatic heterocycles. The van der Waals surface area contributed by atoms with E-state index in [1.165, 1.54) is 0 Å². The normalized spacial score (nSPS) is 12.1. The molecule has 0 radical (unpaired) electrons. The third kappa shape index (κ3) is 9.80. The molecule has 0 saturated heterocycles. The maximum absolute atomic E-state index is 5.87. The number of rotatable bonds is 9. The van der Waals surface area contributed by atoms with Gasteiger partial charge in [0.2, 0.25) is 0 Å². The summed E-state index contributed by atoms with van der Waals surface area (Å²) in [4.78, 5) is 4.20. The second kappa shape index (κ2) is 13.6. The van der Waals surface area contributed by atoms with Gasteiger partial charge in [0.25, 0.3) is 0 Å². The van der Waals surface area contributed by atoms with E-state index in [4.69, 9.17) is 9.47 Å². The molecule has 0 amide bonds. The average molecular weight is 453 g/mol. The molecule has 0 aliphatic carbocycles. The number of hydrogen-bond donors (Lipinski definition) is 2. The Morgan fingerprint density at radius 2 is 2.04 bits per heavy atom. The van der Waals surface area contributed by atoms with Gasteiger partial charge in [-0.2, -0.15) is 11.8 Å². The summed E-state index contributed by atoms with van der Waals surface area (Å²) in [6.45, 7) is 3.62. The zero-order chi connectivity index (χ0) is 16.2. The minimum absolute atomic E-state index is 0. The number of methoxy groups -OCH3 is 1. The number of nitrogens with zero attached hydrogens (tertiary/aromatic N) is 1. The zero-order valence-electron chi connectivity index (χ0n) is 14.3. The van der Waals surface area contributed by atoms with E-state index in [1.54, 1.807) is 14.2 Å². The van der Waals surface area contributed by atoms with E-state index in [0.717, 1.165) is 36.2 Å². The highest BCUT2D eigenvalue weighted by atomic mass is 127. The Hall–Kier alpha value is -0.830. The molecule has 1 aromatic carbocycles. The summed E-state index contributed by atoms with van der Waals surface area (Å²) in [5.74, 6) is 3.56. The van der Waals surface area contributed by atoms with Crippen molar-refractivity contribution in [1.82, 2.24) is 10.6 Å². The van der Waals surface area contributed by atoms with Crippen LogP contribution in [0.2, 0.25) is 0 Å². The number of halogens is 1. The predicted octanol–water partition coefficient (Wildman–Crippen LogP) is 3.00. The lowest BCUT2D eigenvalue weighted by Crippen LogP contribution is -2.42. The predicted molar refractivity (Wildman–Crippen MR) is 111 cm³/mol. The summed E-state index contributed by atoms with van der Waals surface area (Å²) >= 11 is 1.85. The van der Waals surface area contributed by atoms with E-state index in [0.29, 0.717) is 6.54 Å². The number of thioether (sulfide) groups is 1. The number of nitrogens with one attached hydrogen (secondary N) is 2. The first-order chi connectivity index (χ1) is 10.7. The van der Waals surface area contributed by atoms with Crippen LogP contribution in [0.25, 0.3) is 0 Å². The summed E-state index contributed by atoms with van der Waals surface area (Å²) in [6, 6.07) is 7.62. The van der Waals surface area contributed by atoms with Crippen LogP contribution in [-0.2, 0) is 0 Å². The fourth-order valence-electron chi connectivity index (χ4n) is 1.83. The zero-order valence-corrected chi connectivity index (χ0v) is 17.4. The summed E-state index contributed by atoms with van der Waals surface area (Å²) in [6.07, 6.45) is 3.26. The van der Waals surface area contributed by atoms with Crippen molar-refractivity contribution < 1.29 is 9.47 Å². The maximum atomic E-state index is 5.87. The second-order valence-corrected chi connectivity index (χ2v) is 5.82. The molecule has 5 nitrogen and oxygen atoms in total. The van der Waals surface area contributed by atoms with Gasteiger partial charge in [0.1, 0.15) is 17.6 Å². The van der Waals surface area contributed by atoms with Gasteiger partial charge in [0.05, 0.1) is 13.7 Å². The van der Waals surface area contributed by atoms with Gasteiger partial charge in [-0.25, -0.2) is 0 Å². The molecule has 1 atom stereocenters. The molecule has 1 unspecified atom stereocenters. The van der Waals surface area contributed by atoms with Crippen LogP contribution in [0.4, 0.5) is 0 Å². The lowest BCUT2D eigenvalue weighted by Gasteiger charge is -2.18. The van der Waals surface area contributed by atoms with Crippen LogP contribution in [0.3, 0.4) is 0 Å². The van der Waals surface area contributed by atoms with Crippen molar-refractivity contribution in [3.8, 4) is 11.5 Å². The fourth-order valence-corrected chi connectivity index (χ4v) is 2.27. The number of aliphatic imine (C=N–C) groups is 1. The van der Waals surface area contributed by atoms with E-state index in [1.807, 2.05) is 43.0 Å². The summed E-state index contributed by atoms with van der Waals surface area (Å²) in [5.41, 5.74) is 0. The lowest BCUT2D eigenvalue weighted by atomic mass is 10.3. The van der Waals surface area contributed by atoms with Crippen LogP contribution in [-0.4, -0.2) is 51.3 Å². The Kier molecular flexibility index (Phi) is 13.1. The Morgan fingerprint density at radius 3 is 2.70 bits per heavy atom. The van der Waals surface area contributed by atoms with E-state index in [2.05, 4.69) is 21.9 Å². The molecule has 7 heteroatoms. The molecular formula is C16H28IN3O2S. The van der Waals surface area contributed by atoms with Gasteiger partial charge in [-0.3, -0.25) is 4.99 Å². The van der Waals surface area contributed by atoms with Crippen LogP contribution in [0, 0.1) is 0 Å². The van der Waals surface area contributed by atoms with Crippen molar-refractivity contribution in [3.63, 3.8) is 0 Å². The number of benzene rings is 1. The fraction of sp³-hybridized carbons (Fsp3) is 0.562. The quantitative estimate of drug-likeness (QED) is 0.261. The van der Waals surface area contributed by atoms with Gasteiger partial charge in [-0.15, -0.1) is 24.0 Å². The number of guanidine groups is 1. The van der Waals surface area contributed by atoms with Crippen molar-refractivity contribution in [3.05, 3.63) is 24.3 Å². The standard InChI is InChI=1S/C16H27N3O2S.HI/c1-13(21-15-8-5-7-14(11-15)20-3)12-19-16(17-2)18-9-6-10-22-4;/h5,7-8,11,13H,6,9-10,12H2,1-4H3,(H2,17,18,19);1H. The minimum Gasteiger partial charge on any atom is -0.497 e. The average Bonchev–Trinajstić information content (AvgIpc) is 2.54. The molecular weight excluding hydrogens is 425 g/mol. The molecule has 0 bridgehead atoms. The largest absolute Gasteiger partial charge is 0.497 e. The smallest absolute Gasteiger partial charge is 0.191 e. The topological polar surface area (TPSA) is 54.9 Å². The van der Waals surface area contributed by atoms with Crippen molar-refractivity contribution in [2.75, 3.05) is 39.3 Å². The highest BCUT2D eigenvalue weighted by molar-refractivity contribution is 14.0. The van der Waals surface area contributed by atoms with Crippen LogP contribution >= 0.6 is 35.7 Å². The molecule has 0 saturated carbocycles. The SMILES string of the molecule is CN=C(NCCCSC)NCC(C)Oc1cccc(OC)c1.I. The summed E-state index contributed by atoms with van der Waals surface area (Å²) in [7, 11) is 3.42. The van der Waals surface area contributed by atoms with Gasteiger partial charge in [0.15, 0.2) is 5.96 Å². The van der Waals surface area contributed by atoms with E-state index in [-0.39, 0.29) is 30.1 Å². The first-order valence-corrected chi connectivity index (χ1v) is 8.83. The third-order valence-electron chi connectivity index (χ3n) is 2.98. The highest BCUT2D eigenvalue weighted by Crippen LogP contribution is 2.19.